The Labute approximate surface area is 139 Å². The van der Waals surface area contributed by atoms with Gasteiger partial charge >= 0.3 is 0 Å². The molecule has 130 valence electrons. The lowest BCUT2D eigenvalue weighted by Crippen LogP contribution is -1.80. The molecule has 0 atom stereocenters. The van der Waals surface area contributed by atoms with Crippen LogP contribution in [0, 0.1) is 0 Å². The third kappa shape index (κ3) is 31.6. The summed E-state index contributed by atoms with van der Waals surface area (Å²) in [6.07, 6.45) is 14.4. The molecule has 0 aliphatic rings. The fraction of sp³-hybridized carbons (Fsp3) is 0.667. The van der Waals surface area contributed by atoms with Crippen molar-refractivity contribution in [1.82, 2.24) is 0 Å². The fourth-order valence-corrected chi connectivity index (χ4v) is 1.95. The van der Waals surface area contributed by atoms with Gasteiger partial charge in [0, 0.05) is 0 Å². The smallest absolute Gasteiger partial charge is 0.0533 e. The molecule has 0 N–H and O–H groups in total. The first-order chi connectivity index (χ1) is 10.6. The first kappa shape index (κ1) is 23.6. The van der Waals surface area contributed by atoms with Crippen molar-refractivity contribution in [2.24, 2.45) is 0 Å². The summed E-state index contributed by atoms with van der Waals surface area (Å²) in [6.45, 7) is 4.56. The van der Waals surface area contributed by atoms with Crippen LogP contribution >= 0.6 is 0 Å². The first-order valence-corrected chi connectivity index (χ1v) is 9.41. The molecule has 22 heavy (non-hydrogen) atoms. The van der Waals surface area contributed by atoms with Gasteiger partial charge in [0.1, 0.15) is 0 Å². The van der Waals surface area contributed by atoms with Gasteiger partial charge in [0.25, 0.3) is 0 Å². The molecule has 0 heterocycles. The molecule has 0 saturated heterocycles. The van der Waals surface area contributed by atoms with Crippen LogP contribution in [0.5, 0.6) is 0 Å². The summed E-state index contributed by atoms with van der Waals surface area (Å²) in [7, 11) is 0. The lowest BCUT2D eigenvalue weighted by Gasteiger charge is -2.03. The monoisotopic (exact) mass is 328 g/mol. The Morgan fingerprint density at radius 3 is 0.955 bits per heavy atom. The Morgan fingerprint density at radius 2 is 0.773 bits per heavy atom. The zero-order valence-corrected chi connectivity index (χ0v) is 15.0. The second kappa shape index (κ2) is 22.6. The topological polar surface area (TPSA) is 63.2 Å². The molecular formula is C18H32O3S-2. The Kier molecular flexibility index (Phi) is 24.2. The molecule has 0 spiro atoms. The predicted molar refractivity (Wildman–Crippen MR) is 93.7 cm³/mol. The lowest BCUT2D eigenvalue weighted by molar-refractivity contribution is 0.419. The van der Waals surface area contributed by atoms with Gasteiger partial charge in [-0.05, 0) is 0 Å². The van der Waals surface area contributed by atoms with Gasteiger partial charge in [0.15, 0.2) is 0 Å². The molecule has 4 heteroatoms. The van der Waals surface area contributed by atoms with Gasteiger partial charge in [-0.15, -0.1) is 11.4 Å². The third-order valence-corrected chi connectivity index (χ3v) is 3.12. The SMILES string of the molecule is CCCCCCCCCCCC.O=S([O-])[O-].c1ccccc1. The Balaban J connectivity index is 0. The van der Waals surface area contributed by atoms with E-state index in [-0.39, 0.29) is 0 Å². The van der Waals surface area contributed by atoms with E-state index >= 15 is 0 Å². The number of rotatable bonds is 9. The molecule has 0 aromatic heterocycles. The zero-order chi connectivity index (χ0) is 16.9. The summed E-state index contributed by atoms with van der Waals surface area (Å²) in [5, 5.41) is 0. The van der Waals surface area contributed by atoms with Crippen LogP contribution in [0.15, 0.2) is 36.4 Å². The van der Waals surface area contributed by atoms with Crippen molar-refractivity contribution in [3.63, 3.8) is 0 Å². The maximum atomic E-state index is 8.44. The van der Waals surface area contributed by atoms with Gasteiger partial charge in [-0.2, -0.15) is 0 Å². The van der Waals surface area contributed by atoms with E-state index < -0.39 is 11.4 Å². The van der Waals surface area contributed by atoms with Gasteiger partial charge in [0.05, 0.1) is 0 Å². The van der Waals surface area contributed by atoms with Crippen LogP contribution in [-0.4, -0.2) is 13.3 Å². The van der Waals surface area contributed by atoms with Crippen LogP contribution in [0.25, 0.3) is 0 Å². The van der Waals surface area contributed by atoms with E-state index in [2.05, 4.69) is 13.8 Å². The maximum absolute atomic E-state index is 8.44. The highest BCUT2D eigenvalue weighted by atomic mass is 32.2. The van der Waals surface area contributed by atoms with Crippen molar-refractivity contribution in [1.29, 1.82) is 0 Å². The average molecular weight is 329 g/mol. The summed E-state index contributed by atoms with van der Waals surface area (Å²) in [4.78, 5) is 0. The van der Waals surface area contributed by atoms with Crippen molar-refractivity contribution >= 4 is 11.4 Å². The first-order valence-electron chi connectivity index (χ1n) is 8.41. The van der Waals surface area contributed by atoms with Gasteiger partial charge in [-0.3, -0.25) is 4.21 Å². The molecule has 0 amide bonds. The summed E-state index contributed by atoms with van der Waals surface area (Å²) in [6, 6.07) is 12.0. The second-order valence-corrected chi connectivity index (χ2v) is 5.60. The van der Waals surface area contributed by atoms with Crippen molar-refractivity contribution in [3.05, 3.63) is 36.4 Å². The normalized spacial score (nSPS) is 9.50. The fourth-order valence-electron chi connectivity index (χ4n) is 1.95. The second-order valence-electron chi connectivity index (χ2n) is 5.19. The molecule has 3 nitrogen and oxygen atoms in total. The van der Waals surface area contributed by atoms with E-state index in [9.17, 15) is 0 Å². The lowest BCUT2D eigenvalue weighted by atomic mass is 10.1. The van der Waals surface area contributed by atoms with Crippen LogP contribution in [0.4, 0.5) is 0 Å². The summed E-state index contributed by atoms with van der Waals surface area (Å²) in [5.74, 6) is 0. The third-order valence-electron chi connectivity index (χ3n) is 3.12. The van der Waals surface area contributed by atoms with E-state index in [1.807, 2.05) is 36.4 Å². The average Bonchev–Trinajstić information content (AvgIpc) is 2.52. The van der Waals surface area contributed by atoms with Crippen molar-refractivity contribution in [2.75, 3.05) is 0 Å². The molecule has 0 radical (unpaired) electrons. The van der Waals surface area contributed by atoms with Crippen LogP contribution in [0.2, 0.25) is 0 Å². The standard InChI is InChI=1S/C12H26.C6H6.H2O3S/c1-3-5-7-9-11-12-10-8-6-4-2;1-2-4-6-5-3-1;1-4(2)3/h3-12H2,1-2H3;1-6H;(H2,1,2,3)/p-2. The Hall–Kier alpha value is -0.710. The van der Waals surface area contributed by atoms with Gasteiger partial charge in [-0.1, -0.05) is 114 Å². The summed E-state index contributed by atoms with van der Waals surface area (Å²) < 4.78 is 25.3. The van der Waals surface area contributed by atoms with Crippen molar-refractivity contribution in [3.8, 4) is 0 Å². The van der Waals surface area contributed by atoms with Crippen molar-refractivity contribution < 1.29 is 13.3 Å². The van der Waals surface area contributed by atoms with E-state index in [1.54, 1.807) is 0 Å². The van der Waals surface area contributed by atoms with Crippen LogP contribution in [0.1, 0.15) is 78.1 Å². The zero-order valence-electron chi connectivity index (χ0n) is 14.2. The summed E-state index contributed by atoms with van der Waals surface area (Å²) in [5.41, 5.74) is 0. The van der Waals surface area contributed by atoms with Crippen molar-refractivity contribution in [2.45, 2.75) is 78.1 Å². The molecule has 0 aliphatic carbocycles. The van der Waals surface area contributed by atoms with Crippen LogP contribution < -0.4 is 0 Å². The van der Waals surface area contributed by atoms with Crippen LogP contribution in [0.3, 0.4) is 0 Å². The summed E-state index contributed by atoms with van der Waals surface area (Å²) >= 11 is -3.11. The van der Waals surface area contributed by atoms with E-state index in [0.717, 1.165) is 0 Å². The van der Waals surface area contributed by atoms with Gasteiger partial charge in [0.2, 0.25) is 0 Å². The Bertz CT molecular complexity index is 264. The highest BCUT2D eigenvalue weighted by molar-refractivity contribution is 7.72. The molecule has 0 fully saturated rings. The predicted octanol–water partition coefficient (Wildman–Crippen LogP) is 5.61. The minimum absolute atomic E-state index is 1.37. The molecule has 0 bridgehead atoms. The van der Waals surface area contributed by atoms with Gasteiger partial charge < -0.3 is 9.11 Å². The molecule has 0 saturated carbocycles. The molecule has 1 aromatic rings. The minimum Gasteiger partial charge on any atom is -0.784 e. The van der Waals surface area contributed by atoms with E-state index in [0.29, 0.717) is 0 Å². The highest BCUT2D eigenvalue weighted by Gasteiger charge is 1.90. The quantitative estimate of drug-likeness (QED) is 0.437. The largest absolute Gasteiger partial charge is 0.784 e. The van der Waals surface area contributed by atoms with Gasteiger partial charge in [-0.25, -0.2) is 0 Å². The molecule has 0 unspecified atom stereocenters. The molecule has 1 aromatic carbocycles. The number of benzene rings is 1. The van der Waals surface area contributed by atoms with E-state index in [1.165, 1.54) is 64.2 Å². The molecule has 0 aliphatic heterocycles. The van der Waals surface area contributed by atoms with E-state index in [4.69, 9.17) is 13.3 Å². The number of hydrogen-bond donors (Lipinski definition) is 0. The maximum Gasteiger partial charge on any atom is -0.0533 e. The number of unbranched alkanes of at least 4 members (excludes halogenated alkanes) is 9. The Morgan fingerprint density at radius 1 is 0.591 bits per heavy atom. The molecule has 1 rings (SSSR count). The van der Waals surface area contributed by atoms with Crippen LogP contribution in [-0.2, 0) is 11.4 Å². The highest BCUT2D eigenvalue weighted by Crippen LogP contribution is 2.09. The minimum atomic E-state index is -3.11. The number of hydrogen-bond acceptors (Lipinski definition) is 3. The molecular weight excluding hydrogens is 296 g/mol.